The smallest absolute Gasteiger partial charge is 0.238 e. The fraction of sp³-hybridized carbons (Fsp3) is 0.300. The first-order chi connectivity index (χ1) is 13.1. The van der Waals surface area contributed by atoms with E-state index < -0.39 is 5.82 Å². The summed E-state index contributed by atoms with van der Waals surface area (Å²) in [6.45, 7) is 3.12. The monoisotopic (exact) mass is 371 g/mol. The van der Waals surface area contributed by atoms with Crippen LogP contribution in [0, 0.1) is 5.82 Å². The van der Waals surface area contributed by atoms with Crippen LogP contribution in [0.2, 0.25) is 0 Å². The molecule has 0 unspecified atom stereocenters. The zero-order valence-electron chi connectivity index (χ0n) is 14.9. The molecule has 1 aliphatic heterocycles. The van der Waals surface area contributed by atoms with Gasteiger partial charge in [0.15, 0.2) is 0 Å². The number of rotatable bonds is 6. The lowest BCUT2D eigenvalue weighted by atomic mass is 10.1. The number of morpholine rings is 1. The highest BCUT2D eigenvalue weighted by molar-refractivity contribution is 5.94. The standard InChI is InChI=1S/C20H22FN3O3/c21-18-4-2-1-3-15(18)13-19(25)22-16-5-7-17(8-6-16)23-20(26)14-24-9-11-27-12-10-24/h1-8H,9-14H2,(H,22,25)(H,23,26). The molecule has 0 bridgehead atoms. The predicted molar refractivity (Wildman–Crippen MR) is 101 cm³/mol. The molecular formula is C20H22FN3O3. The largest absolute Gasteiger partial charge is 0.379 e. The zero-order chi connectivity index (χ0) is 19.1. The lowest BCUT2D eigenvalue weighted by Gasteiger charge is -2.25. The van der Waals surface area contributed by atoms with Crippen molar-refractivity contribution in [3.63, 3.8) is 0 Å². The molecule has 0 aliphatic carbocycles. The summed E-state index contributed by atoms with van der Waals surface area (Å²) in [5, 5.41) is 5.56. The van der Waals surface area contributed by atoms with E-state index in [1.54, 1.807) is 42.5 Å². The fourth-order valence-electron chi connectivity index (χ4n) is 2.82. The van der Waals surface area contributed by atoms with Crippen LogP contribution in [0.4, 0.5) is 15.8 Å². The lowest BCUT2D eigenvalue weighted by molar-refractivity contribution is -0.118. The molecule has 0 radical (unpaired) electrons. The molecule has 1 fully saturated rings. The van der Waals surface area contributed by atoms with Crippen LogP contribution in [0.3, 0.4) is 0 Å². The van der Waals surface area contributed by atoms with E-state index in [2.05, 4.69) is 10.6 Å². The Bertz CT molecular complexity index is 789. The molecule has 0 atom stereocenters. The van der Waals surface area contributed by atoms with Crippen LogP contribution in [-0.2, 0) is 20.7 Å². The highest BCUT2D eigenvalue weighted by atomic mass is 19.1. The lowest BCUT2D eigenvalue weighted by Crippen LogP contribution is -2.41. The van der Waals surface area contributed by atoms with Crippen LogP contribution in [0.25, 0.3) is 0 Å². The molecule has 7 heteroatoms. The molecule has 1 saturated heterocycles. The summed E-state index contributed by atoms with van der Waals surface area (Å²) in [7, 11) is 0. The molecule has 1 aliphatic rings. The molecule has 2 N–H and O–H groups in total. The van der Waals surface area contributed by atoms with Crippen LogP contribution in [0.5, 0.6) is 0 Å². The van der Waals surface area contributed by atoms with Crippen LogP contribution in [0.15, 0.2) is 48.5 Å². The second-order valence-electron chi connectivity index (χ2n) is 6.33. The summed E-state index contributed by atoms with van der Waals surface area (Å²) < 4.78 is 18.9. The number of ether oxygens (including phenoxy) is 1. The van der Waals surface area contributed by atoms with E-state index in [1.807, 2.05) is 4.90 Å². The van der Waals surface area contributed by atoms with Crippen molar-refractivity contribution in [2.75, 3.05) is 43.5 Å². The van der Waals surface area contributed by atoms with Crippen LogP contribution in [0.1, 0.15) is 5.56 Å². The third-order valence-corrected chi connectivity index (χ3v) is 4.23. The van der Waals surface area contributed by atoms with Crippen molar-refractivity contribution in [1.29, 1.82) is 0 Å². The molecule has 3 rings (SSSR count). The van der Waals surface area contributed by atoms with E-state index in [4.69, 9.17) is 4.74 Å². The summed E-state index contributed by atoms with van der Waals surface area (Å²) in [5.41, 5.74) is 1.59. The van der Waals surface area contributed by atoms with Crippen molar-refractivity contribution in [3.05, 3.63) is 59.9 Å². The third kappa shape index (κ3) is 5.87. The van der Waals surface area contributed by atoms with Gasteiger partial charge in [0.05, 0.1) is 26.2 Å². The van der Waals surface area contributed by atoms with Gasteiger partial charge >= 0.3 is 0 Å². The van der Waals surface area contributed by atoms with E-state index in [9.17, 15) is 14.0 Å². The Morgan fingerprint density at radius 1 is 0.926 bits per heavy atom. The fourth-order valence-corrected chi connectivity index (χ4v) is 2.82. The second-order valence-corrected chi connectivity index (χ2v) is 6.33. The normalized spacial score (nSPS) is 14.6. The summed E-state index contributed by atoms with van der Waals surface area (Å²) >= 11 is 0. The second kappa shape index (κ2) is 9.25. The number of nitrogens with zero attached hydrogens (tertiary/aromatic N) is 1. The summed E-state index contributed by atoms with van der Waals surface area (Å²) in [4.78, 5) is 26.2. The van der Waals surface area contributed by atoms with E-state index in [-0.39, 0.29) is 18.2 Å². The maximum Gasteiger partial charge on any atom is 0.238 e. The Morgan fingerprint density at radius 3 is 2.15 bits per heavy atom. The van der Waals surface area contributed by atoms with Gasteiger partial charge in [0, 0.05) is 24.5 Å². The van der Waals surface area contributed by atoms with Crippen molar-refractivity contribution in [2.45, 2.75) is 6.42 Å². The van der Waals surface area contributed by atoms with Crippen LogP contribution >= 0.6 is 0 Å². The maximum atomic E-state index is 13.6. The molecule has 0 saturated carbocycles. The van der Waals surface area contributed by atoms with E-state index in [0.29, 0.717) is 36.7 Å². The quantitative estimate of drug-likeness (QED) is 0.817. The Kier molecular flexibility index (Phi) is 6.51. The highest BCUT2D eigenvalue weighted by Gasteiger charge is 2.14. The SMILES string of the molecule is O=C(Cc1ccccc1F)Nc1ccc(NC(=O)CN2CCOCC2)cc1. The zero-order valence-corrected chi connectivity index (χ0v) is 14.9. The number of hydrogen-bond donors (Lipinski definition) is 2. The first kappa shape index (κ1) is 19.0. The molecule has 2 amide bonds. The van der Waals surface area contributed by atoms with Crippen molar-refractivity contribution in [2.24, 2.45) is 0 Å². The Balaban J connectivity index is 1.48. The average molecular weight is 371 g/mol. The molecule has 27 heavy (non-hydrogen) atoms. The summed E-state index contributed by atoms with van der Waals surface area (Å²) in [6, 6.07) is 13.0. The molecule has 0 aromatic heterocycles. The van der Waals surface area contributed by atoms with Gasteiger partial charge in [-0.1, -0.05) is 18.2 Å². The minimum atomic E-state index is -0.397. The molecule has 2 aromatic carbocycles. The average Bonchev–Trinajstić information content (AvgIpc) is 2.66. The minimum absolute atomic E-state index is 0.0370. The summed E-state index contributed by atoms with van der Waals surface area (Å²) in [6.07, 6.45) is -0.0370. The molecule has 0 spiro atoms. The molecule has 6 nitrogen and oxygen atoms in total. The van der Waals surface area contributed by atoms with Gasteiger partial charge in [-0.25, -0.2) is 4.39 Å². The maximum absolute atomic E-state index is 13.6. The summed E-state index contributed by atoms with van der Waals surface area (Å²) in [5.74, 6) is -0.789. The van der Waals surface area contributed by atoms with Crippen molar-refractivity contribution < 1.29 is 18.7 Å². The predicted octanol–water partition coefficient (Wildman–Crippen LogP) is 2.28. The molecular weight excluding hydrogens is 349 g/mol. The third-order valence-electron chi connectivity index (χ3n) is 4.23. The highest BCUT2D eigenvalue weighted by Crippen LogP contribution is 2.15. The van der Waals surface area contributed by atoms with Gasteiger partial charge in [0.2, 0.25) is 11.8 Å². The van der Waals surface area contributed by atoms with Crippen molar-refractivity contribution in [1.82, 2.24) is 4.90 Å². The first-order valence-corrected chi connectivity index (χ1v) is 8.83. The molecule has 2 aromatic rings. The Labute approximate surface area is 157 Å². The van der Waals surface area contributed by atoms with Gasteiger partial charge in [0.25, 0.3) is 0 Å². The molecule has 1 heterocycles. The number of anilines is 2. The Morgan fingerprint density at radius 2 is 1.52 bits per heavy atom. The van der Waals surface area contributed by atoms with Crippen molar-refractivity contribution >= 4 is 23.2 Å². The number of hydrogen-bond acceptors (Lipinski definition) is 4. The number of halogens is 1. The van der Waals surface area contributed by atoms with Gasteiger partial charge in [-0.2, -0.15) is 0 Å². The van der Waals surface area contributed by atoms with E-state index in [1.165, 1.54) is 6.07 Å². The number of carbonyl (C=O) groups is 2. The minimum Gasteiger partial charge on any atom is -0.379 e. The van der Waals surface area contributed by atoms with E-state index in [0.717, 1.165) is 13.1 Å². The van der Waals surface area contributed by atoms with Gasteiger partial charge in [-0.15, -0.1) is 0 Å². The van der Waals surface area contributed by atoms with Crippen molar-refractivity contribution in [3.8, 4) is 0 Å². The van der Waals surface area contributed by atoms with Gasteiger partial charge in [-0.05, 0) is 35.9 Å². The number of nitrogens with one attached hydrogen (secondary N) is 2. The van der Waals surface area contributed by atoms with Gasteiger partial charge in [-0.3, -0.25) is 14.5 Å². The number of amides is 2. The van der Waals surface area contributed by atoms with Crippen LogP contribution in [-0.4, -0.2) is 49.6 Å². The number of carbonyl (C=O) groups excluding carboxylic acids is 2. The molecule has 142 valence electrons. The number of benzene rings is 2. The van der Waals surface area contributed by atoms with Gasteiger partial charge < -0.3 is 15.4 Å². The Hall–Kier alpha value is -2.77. The topological polar surface area (TPSA) is 70.7 Å². The van der Waals surface area contributed by atoms with Gasteiger partial charge in [0.1, 0.15) is 5.82 Å². The first-order valence-electron chi connectivity index (χ1n) is 8.83. The van der Waals surface area contributed by atoms with Crippen LogP contribution < -0.4 is 10.6 Å². The van der Waals surface area contributed by atoms with E-state index >= 15 is 0 Å².